The Morgan fingerprint density at radius 3 is 1.65 bits per heavy atom. The zero-order valence-electron chi connectivity index (χ0n) is 19.9. The molecule has 0 amide bonds. The molecule has 34 heavy (non-hydrogen) atoms. The maximum absolute atomic E-state index is 13.4. The van der Waals surface area contributed by atoms with E-state index in [1.165, 1.54) is 0 Å². The first kappa shape index (κ1) is 25.9. The van der Waals surface area contributed by atoms with E-state index in [4.69, 9.17) is 10.2 Å². The number of anilines is 2. The number of unbranched alkanes of at least 4 members (excludes halogenated alkanes) is 4. The average Bonchev–Trinajstić information content (AvgIpc) is 2.86. The van der Waals surface area contributed by atoms with Gasteiger partial charge in [-0.2, -0.15) is 0 Å². The molecule has 5 N–H and O–H groups in total. The molecule has 1 aliphatic carbocycles. The molecule has 0 bridgehead atoms. The molecule has 0 unspecified atom stereocenters. The van der Waals surface area contributed by atoms with Gasteiger partial charge in [0.2, 0.25) is 0 Å². The summed E-state index contributed by atoms with van der Waals surface area (Å²) in [5.41, 5.74) is 3.20. The first-order valence-electron chi connectivity index (χ1n) is 12.4. The van der Waals surface area contributed by atoms with Crippen molar-refractivity contribution in [1.29, 1.82) is 0 Å². The van der Waals surface area contributed by atoms with E-state index in [0.717, 1.165) is 64.6 Å². The van der Waals surface area contributed by atoms with E-state index in [2.05, 4.69) is 16.0 Å². The number of hydrogen-bond acceptors (Lipinski definition) is 7. The molecule has 1 aliphatic rings. The molecule has 0 aromatic heterocycles. The molecule has 0 aliphatic heterocycles. The summed E-state index contributed by atoms with van der Waals surface area (Å²) < 4.78 is 0. The highest BCUT2D eigenvalue weighted by atomic mass is 16.3. The SMILES string of the molecule is O=C1c2ccccc2C(=O)c2c(NCCCNCCCO)ccc(NCCCCCCCO)c21. The summed E-state index contributed by atoms with van der Waals surface area (Å²) in [5.74, 6) is -0.244. The van der Waals surface area contributed by atoms with Crippen LogP contribution in [0.5, 0.6) is 0 Å². The van der Waals surface area contributed by atoms with Crippen molar-refractivity contribution in [3.63, 3.8) is 0 Å². The Hall–Kier alpha value is -2.74. The summed E-state index contributed by atoms with van der Waals surface area (Å²) in [6.07, 6.45) is 6.53. The molecule has 2 aromatic carbocycles. The van der Waals surface area contributed by atoms with Crippen LogP contribution in [0, 0.1) is 0 Å². The minimum Gasteiger partial charge on any atom is -0.396 e. The summed E-state index contributed by atoms with van der Waals surface area (Å²) in [5, 5.41) is 27.8. The number of carbonyl (C=O) groups is 2. The van der Waals surface area contributed by atoms with Gasteiger partial charge in [0.05, 0.1) is 11.1 Å². The van der Waals surface area contributed by atoms with Crippen LogP contribution < -0.4 is 16.0 Å². The Kier molecular flexibility index (Phi) is 10.5. The summed E-state index contributed by atoms with van der Waals surface area (Å²) in [7, 11) is 0. The standard InChI is InChI=1S/C27H37N3O4/c31-18-7-3-1-2-6-16-29-22-12-13-23(30-17-8-14-28-15-9-19-32)25-24(22)26(33)20-10-4-5-11-21(20)27(25)34/h4-5,10-13,28-32H,1-3,6-9,14-19H2. The molecule has 184 valence electrons. The van der Waals surface area contributed by atoms with Crippen LogP contribution >= 0.6 is 0 Å². The molecule has 7 nitrogen and oxygen atoms in total. The highest BCUT2D eigenvalue weighted by molar-refractivity contribution is 6.31. The van der Waals surface area contributed by atoms with Crippen molar-refractivity contribution in [2.45, 2.75) is 44.9 Å². The van der Waals surface area contributed by atoms with Gasteiger partial charge in [-0.05, 0) is 50.9 Å². The van der Waals surface area contributed by atoms with Gasteiger partial charge in [-0.25, -0.2) is 0 Å². The Balaban J connectivity index is 1.72. The van der Waals surface area contributed by atoms with Crippen molar-refractivity contribution in [3.05, 3.63) is 58.7 Å². The largest absolute Gasteiger partial charge is 0.396 e. The first-order valence-corrected chi connectivity index (χ1v) is 12.4. The van der Waals surface area contributed by atoms with Crippen LogP contribution in [0.2, 0.25) is 0 Å². The molecule has 2 aromatic rings. The minimum atomic E-state index is -0.124. The number of nitrogens with one attached hydrogen (secondary N) is 3. The van der Waals surface area contributed by atoms with Crippen LogP contribution in [-0.4, -0.2) is 61.2 Å². The lowest BCUT2D eigenvalue weighted by Gasteiger charge is -2.24. The van der Waals surface area contributed by atoms with Gasteiger partial charge in [0.15, 0.2) is 11.6 Å². The summed E-state index contributed by atoms with van der Waals surface area (Å²) in [6.45, 7) is 3.39. The number of ketones is 2. The van der Waals surface area contributed by atoms with Gasteiger partial charge in [-0.3, -0.25) is 9.59 Å². The number of benzene rings is 2. The fourth-order valence-electron chi connectivity index (χ4n) is 4.27. The molecule has 0 radical (unpaired) electrons. The average molecular weight is 468 g/mol. The van der Waals surface area contributed by atoms with E-state index >= 15 is 0 Å². The second-order valence-electron chi connectivity index (χ2n) is 8.64. The van der Waals surface area contributed by atoms with Crippen molar-refractivity contribution < 1.29 is 19.8 Å². The third-order valence-electron chi connectivity index (χ3n) is 6.08. The van der Waals surface area contributed by atoms with Crippen molar-refractivity contribution >= 4 is 22.9 Å². The molecular formula is C27H37N3O4. The van der Waals surface area contributed by atoms with E-state index in [9.17, 15) is 9.59 Å². The van der Waals surface area contributed by atoms with Crippen molar-refractivity contribution in [3.8, 4) is 0 Å². The Morgan fingerprint density at radius 1 is 0.559 bits per heavy atom. The van der Waals surface area contributed by atoms with Gasteiger partial charge < -0.3 is 26.2 Å². The summed E-state index contributed by atoms with van der Waals surface area (Å²) >= 11 is 0. The van der Waals surface area contributed by atoms with E-state index in [1.54, 1.807) is 24.3 Å². The van der Waals surface area contributed by atoms with Crippen LogP contribution in [0.15, 0.2) is 36.4 Å². The third kappa shape index (κ3) is 6.65. The number of carbonyl (C=O) groups excluding carboxylic acids is 2. The van der Waals surface area contributed by atoms with Crippen LogP contribution in [0.1, 0.15) is 76.8 Å². The van der Waals surface area contributed by atoms with Crippen molar-refractivity contribution in [2.24, 2.45) is 0 Å². The number of rotatable bonds is 16. The van der Waals surface area contributed by atoms with Gasteiger partial charge in [0.1, 0.15) is 0 Å². The maximum Gasteiger partial charge on any atom is 0.196 e. The molecule has 0 heterocycles. The van der Waals surface area contributed by atoms with Gasteiger partial charge in [-0.15, -0.1) is 0 Å². The Bertz CT molecular complexity index is 885. The van der Waals surface area contributed by atoms with Gasteiger partial charge in [0, 0.05) is 48.8 Å². The van der Waals surface area contributed by atoms with E-state index in [0.29, 0.717) is 40.2 Å². The number of hydrogen-bond donors (Lipinski definition) is 5. The smallest absolute Gasteiger partial charge is 0.196 e. The number of aliphatic hydroxyl groups is 2. The molecule has 7 heteroatoms. The highest BCUT2D eigenvalue weighted by Gasteiger charge is 2.33. The van der Waals surface area contributed by atoms with Gasteiger partial charge >= 0.3 is 0 Å². The normalized spacial score (nSPS) is 12.4. The fourth-order valence-corrected chi connectivity index (χ4v) is 4.27. The van der Waals surface area contributed by atoms with Crippen LogP contribution in [-0.2, 0) is 0 Å². The second kappa shape index (κ2) is 13.8. The molecular weight excluding hydrogens is 430 g/mol. The molecule has 0 saturated heterocycles. The quantitative estimate of drug-likeness (QED) is 0.205. The molecule has 0 spiro atoms. The molecule has 0 fully saturated rings. The third-order valence-corrected chi connectivity index (χ3v) is 6.08. The first-order chi connectivity index (χ1) is 16.7. The van der Waals surface area contributed by atoms with Crippen LogP contribution in [0.4, 0.5) is 11.4 Å². The lowest BCUT2D eigenvalue weighted by atomic mass is 9.82. The van der Waals surface area contributed by atoms with E-state index in [1.807, 2.05) is 12.1 Å². The molecule has 0 atom stereocenters. The molecule has 0 saturated carbocycles. The second-order valence-corrected chi connectivity index (χ2v) is 8.64. The highest BCUT2D eigenvalue weighted by Crippen LogP contribution is 2.36. The zero-order chi connectivity index (χ0) is 24.2. The predicted octanol–water partition coefficient (Wildman–Crippen LogP) is 3.59. The van der Waals surface area contributed by atoms with E-state index < -0.39 is 0 Å². The summed E-state index contributed by atoms with van der Waals surface area (Å²) in [4.78, 5) is 26.9. The topological polar surface area (TPSA) is 111 Å². The lowest BCUT2D eigenvalue weighted by Crippen LogP contribution is -2.25. The van der Waals surface area contributed by atoms with Crippen molar-refractivity contribution in [1.82, 2.24) is 5.32 Å². The Labute approximate surface area is 202 Å². The van der Waals surface area contributed by atoms with Gasteiger partial charge in [0.25, 0.3) is 0 Å². The lowest BCUT2D eigenvalue weighted by molar-refractivity contribution is 0.0980. The monoisotopic (exact) mass is 467 g/mol. The fraction of sp³-hybridized carbons (Fsp3) is 0.481. The predicted molar refractivity (Wildman–Crippen MR) is 136 cm³/mol. The van der Waals surface area contributed by atoms with Crippen molar-refractivity contribution in [2.75, 3.05) is 50.0 Å². The Morgan fingerprint density at radius 2 is 1.06 bits per heavy atom. The number of fused-ring (bicyclic) bond motifs is 2. The minimum absolute atomic E-state index is 0.120. The number of aliphatic hydroxyl groups excluding tert-OH is 2. The zero-order valence-corrected chi connectivity index (χ0v) is 19.9. The van der Waals surface area contributed by atoms with E-state index in [-0.39, 0.29) is 24.8 Å². The summed E-state index contributed by atoms with van der Waals surface area (Å²) in [6, 6.07) is 10.8. The van der Waals surface area contributed by atoms with Crippen LogP contribution in [0.3, 0.4) is 0 Å². The van der Waals surface area contributed by atoms with Gasteiger partial charge in [-0.1, -0.05) is 43.5 Å². The van der Waals surface area contributed by atoms with Crippen LogP contribution in [0.25, 0.3) is 0 Å². The maximum atomic E-state index is 13.4. The molecule has 3 rings (SSSR count).